The summed E-state index contributed by atoms with van der Waals surface area (Å²) >= 11 is 5.59. The number of benzene rings is 1. The molecule has 22 heavy (non-hydrogen) atoms. The van der Waals surface area contributed by atoms with Crippen LogP contribution in [-0.2, 0) is 6.42 Å². The van der Waals surface area contributed by atoms with Gasteiger partial charge in [0.15, 0.2) is 11.0 Å². The lowest BCUT2D eigenvalue weighted by Crippen LogP contribution is -2.09. The van der Waals surface area contributed by atoms with Crippen molar-refractivity contribution < 1.29 is 19.0 Å². The van der Waals surface area contributed by atoms with E-state index in [4.69, 9.17) is 16.0 Å². The van der Waals surface area contributed by atoms with Crippen LogP contribution in [0.5, 0.6) is 11.5 Å². The van der Waals surface area contributed by atoms with Gasteiger partial charge in [-0.15, -0.1) is 0 Å². The van der Waals surface area contributed by atoms with Crippen molar-refractivity contribution in [3.8, 4) is 11.5 Å². The predicted octanol–water partition coefficient (Wildman–Crippen LogP) is 2.98. The molecule has 0 fully saturated rings. The summed E-state index contributed by atoms with van der Waals surface area (Å²) in [7, 11) is 0. The molecule has 112 valence electrons. The third kappa shape index (κ3) is 2.37. The highest BCUT2D eigenvalue weighted by Crippen LogP contribution is 2.30. The van der Waals surface area contributed by atoms with E-state index in [0.717, 1.165) is 0 Å². The highest BCUT2D eigenvalue weighted by Gasteiger charge is 2.17. The Morgan fingerprint density at radius 1 is 1.27 bits per heavy atom. The van der Waals surface area contributed by atoms with Crippen LogP contribution in [0.25, 0.3) is 11.0 Å². The Balaban J connectivity index is 2.17. The van der Waals surface area contributed by atoms with Gasteiger partial charge < -0.3 is 14.6 Å². The molecule has 5 nitrogen and oxygen atoms in total. The molecule has 3 aromatic rings. The number of nitrogens with zero attached hydrogens (tertiary/aromatic N) is 1. The van der Waals surface area contributed by atoms with E-state index in [1.807, 2.05) is 0 Å². The second-order valence-electron chi connectivity index (χ2n) is 4.65. The van der Waals surface area contributed by atoms with Crippen LogP contribution in [0, 0.1) is 5.82 Å². The van der Waals surface area contributed by atoms with Crippen molar-refractivity contribution in [2.24, 2.45) is 0 Å². The molecule has 0 radical (unpaired) electrons. The molecule has 7 heteroatoms. The van der Waals surface area contributed by atoms with Gasteiger partial charge in [-0.05, 0) is 23.8 Å². The second kappa shape index (κ2) is 5.31. The largest absolute Gasteiger partial charge is 0.508 e. The number of aromatic hydroxyl groups is 2. The predicted molar refractivity (Wildman–Crippen MR) is 77.8 cm³/mol. The Kier molecular flexibility index (Phi) is 3.46. The van der Waals surface area contributed by atoms with E-state index in [9.17, 15) is 19.4 Å². The lowest BCUT2D eigenvalue weighted by molar-refractivity contribution is 0.454. The smallest absolute Gasteiger partial charge is 0.343 e. The highest BCUT2D eigenvalue weighted by atomic mass is 35.5. The first-order valence-corrected chi connectivity index (χ1v) is 6.61. The number of phenols is 1. The van der Waals surface area contributed by atoms with Gasteiger partial charge in [0.25, 0.3) is 0 Å². The fraction of sp³-hybridized carbons (Fsp3) is 0.0667. The van der Waals surface area contributed by atoms with E-state index in [1.54, 1.807) is 0 Å². The standard InChI is InChI=1S/C15H9ClFNO4/c16-14-12(17)7(3-4-18-14)5-10-13(20)9-2-1-8(19)6-11(9)22-15(10)21/h1-4,6,19-20H,5H2. The summed E-state index contributed by atoms with van der Waals surface area (Å²) < 4.78 is 18.9. The van der Waals surface area contributed by atoms with Crippen LogP contribution < -0.4 is 5.63 Å². The summed E-state index contributed by atoms with van der Waals surface area (Å²) in [4.78, 5) is 15.6. The molecule has 0 unspecified atom stereocenters. The van der Waals surface area contributed by atoms with Gasteiger partial charge in [0.05, 0.1) is 10.9 Å². The first-order valence-electron chi connectivity index (χ1n) is 6.24. The van der Waals surface area contributed by atoms with Crippen LogP contribution >= 0.6 is 11.6 Å². The zero-order valence-electron chi connectivity index (χ0n) is 11.0. The van der Waals surface area contributed by atoms with Crippen molar-refractivity contribution >= 4 is 22.6 Å². The van der Waals surface area contributed by atoms with Crippen molar-refractivity contribution in [1.29, 1.82) is 0 Å². The second-order valence-corrected chi connectivity index (χ2v) is 5.01. The third-order valence-electron chi connectivity index (χ3n) is 3.25. The first kappa shape index (κ1) is 14.3. The van der Waals surface area contributed by atoms with E-state index >= 15 is 0 Å². The Hall–Kier alpha value is -2.60. The number of aromatic nitrogens is 1. The molecule has 0 spiro atoms. The highest BCUT2D eigenvalue weighted by molar-refractivity contribution is 6.29. The van der Waals surface area contributed by atoms with Crippen molar-refractivity contribution in [2.75, 3.05) is 0 Å². The number of phenolic OH excluding ortho intramolecular Hbond substituents is 1. The van der Waals surface area contributed by atoms with E-state index in [0.29, 0.717) is 0 Å². The Labute approximate surface area is 128 Å². The summed E-state index contributed by atoms with van der Waals surface area (Å²) in [5, 5.41) is 19.5. The molecule has 1 aromatic carbocycles. The maximum Gasteiger partial charge on any atom is 0.343 e. The number of halogens is 2. The van der Waals surface area contributed by atoms with E-state index in [-0.39, 0.29) is 45.2 Å². The Morgan fingerprint density at radius 3 is 2.82 bits per heavy atom. The molecule has 3 rings (SSSR count). The monoisotopic (exact) mass is 321 g/mol. The minimum atomic E-state index is -0.817. The summed E-state index contributed by atoms with van der Waals surface area (Å²) in [6, 6.07) is 5.32. The lowest BCUT2D eigenvalue weighted by atomic mass is 10.0. The molecule has 0 aliphatic heterocycles. The van der Waals surface area contributed by atoms with Crippen LogP contribution in [0.2, 0.25) is 5.15 Å². The quantitative estimate of drug-likeness (QED) is 0.560. The molecular formula is C15H9ClFNO4. The molecule has 0 saturated carbocycles. The van der Waals surface area contributed by atoms with Crippen LogP contribution in [0.1, 0.15) is 11.1 Å². The fourth-order valence-corrected chi connectivity index (χ4v) is 2.33. The molecule has 0 aliphatic rings. The van der Waals surface area contributed by atoms with Crippen LogP contribution in [-0.4, -0.2) is 15.2 Å². The molecule has 2 N–H and O–H groups in total. The third-order valence-corrected chi connectivity index (χ3v) is 3.51. The molecule has 2 aromatic heterocycles. The van der Waals surface area contributed by atoms with Crippen molar-refractivity contribution in [1.82, 2.24) is 4.98 Å². The van der Waals surface area contributed by atoms with Gasteiger partial charge in [-0.25, -0.2) is 14.2 Å². The molecule has 0 aliphatic carbocycles. The molecule has 2 heterocycles. The van der Waals surface area contributed by atoms with Gasteiger partial charge in [-0.3, -0.25) is 0 Å². The van der Waals surface area contributed by atoms with Gasteiger partial charge >= 0.3 is 5.63 Å². The normalized spacial score (nSPS) is 11.0. The van der Waals surface area contributed by atoms with Crippen LogP contribution in [0.4, 0.5) is 4.39 Å². The molecule has 0 bridgehead atoms. The minimum Gasteiger partial charge on any atom is -0.508 e. The lowest BCUT2D eigenvalue weighted by Gasteiger charge is -2.07. The summed E-state index contributed by atoms with van der Waals surface area (Å²) in [5.41, 5.74) is -0.762. The van der Waals surface area contributed by atoms with Gasteiger partial charge in [-0.1, -0.05) is 11.6 Å². The maximum atomic E-state index is 13.9. The topological polar surface area (TPSA) is 83.6 Å². The van der Waals surface area contributed by atoms with Crippen molar-refractivity contribution in [3.63, 3.8) is 0 Å². The van der Waals surface area contributed by atoms with E-state index in [1.165, 1.54) is 30.5 Å². The molecule has 0 saturated heterocycles. The number of pyridine rings is 1. The number of rotatable bonds is 2. The first-order chi connectivity index (χ1) is 10.5. The Morgan fingerprint density at radius 2 is 2.05 bits per heavy atom. The van der Waals surface area contributed by atoms with E-state index in [2.05, 4.69) is 4.98 Å². The molecule has 0 amide bonds. The van der Waals surface area contributed by atoms with E-state index < -0.39 is 11.4 Å². The zero-order valence-corrected chi connectivity index (χ0v) is 11.8. The number of hydrogen-bond acceptors (Lipinski definition) is 5. The summed E-state index contributed by atoms with van der Waals surface area (Å²) in [6.07, 6.45) is 1.11. The van der Waals surface area contributed by atoms with Gasteiger partial charge in [0, 0.05) is 18.7 Å². The number of fused-ring (bicyclic) bond motifs is 1. The van der Waals surface area contributed by atoms with Crippen molar-refractivity contribution in [2.45, 2.75) is 6.42 Å². The average molecular weight is 322 g/mol. The summed E-state index contributed by atoms with van der Waals surface area (Å²) in [5.74, 6) is -1.18. The zero-order chi connectivity index (χ0) is 15.9. The maximum absolute atomic E-state index is 13.9. The number of hydrogen-bond donors (Lipinski definition) is 2. The van der Waals surface area contributed by atoms with Crippen molar-refractivity contribution in [3.05, 3.63) is 63.0 Å². The Bertz CT molecular complexity index is 939. The molecule has 0 atom stereocenters. The van der Waals surface area contributed by atoms with Crippen LogP contribution in [0.15, 0.2) is 39.7 Å². The summed E-state index contributed by atoms with van der Waals surface area (Å²) in [6.45, 7) is 0. The van der Waals surface area contributed by atoms with Gasteiger partial charge in [0.2, 0.25) is 0 Å². The molecular weight excluding hydrogens is 313 g/mol. The fourth-order valence-electron chi connectivity index (χ4n) is 2.15. The minimum absolute atomic E-state index is 0.0412. The average Bonchev–Trinajstić information content (AvgIpc) is 2.47. The van der Waals surface area contributed by atoms with Gasteiger partial charge in [0.1, 0.15) is 17.1 Å². The van der Waals surface area contributed by atoms with Gasteiger partial charge in [-0.2, -0.15) is 0 Å². The SMILES string of the molecule is O=c1oc2cc(O)ccc2c(O)c1Cc1ccnc(Cl)c1F. The van der Waals surface area contributed by atoms with Crippen LogP contribution in [0.3, 0.4) is 0 Å².